The smallest absolute Gasteiger partial charge is 0.244 e. The van der Waals surface area contributed by atoms with Crippen molar-refractivity contribution in [3.8, 4) is 0 Å². The molecule has 7 nitrogen and oxygen atoms in total. The normalized spacial score (nSPS) is 12.2. The zero-order valence-corrected chi connectivity index (χ0v) is 21.6. The first-order valence-corrected chi connectivity index (χ1v) is 13.2. The Balaban J connectivity index is 2.39. The Bertz CT molecular complexity index is 1110. The summed E-state index contributed by atoms with van der Waals surface area (Å²) >= 11 is 18.1. The SMILES string of the molecule is CCCNC(=O)C(C)N(Cc1ccc(Cl)c(Cl)c1)C(=O)CN(c1cccc(Cl)c1)S(C)(=O)=O. The van der Waals surface area contributed by atoms with E-state index in [4.69, 9.17) is 34.8 Å². The molecule has 0 bridgehead atoms. The average molecular weight is 535 g/mol. The largest absolute Gasteiger partial charge is 0.354 e. The number of hydrogen-bond donors (Lipinski definition) is 1. The lowest BCUT2D eigenvalue weighted by molar-refractivity contribution is -0.139. The summed E-state index contributed by atoms with van der Waals surface area (Å²) < 4.78 is 25.9. The lowest BCUT2D eigenvalue weighted by atomic mass is 10.1. The van der Waals surface area contributed by atoms with Crippen molar-refractivity contribution in [1.82, 2.24) is 10.2 Å². The first-order valence-electron chi connectivity index (χ1n) is 10.2. The Hall–Kier alpha value is -2.00. The van der Waals surface area contributed by atoms with Crippen LogP contribution < -0.4 is 9.62 Å². The van der Waals surface area contributed by atoms with Gasteiger partial charge in [-0.3, -0.25) is 13.9 Å². The molecule has 0 saturated carbocycles. The van der Waals surface area contributed by atoms with Crippen LogP contribution in [0.2, 0.25) is 15.1 Å². The number of nitrogens with one attached hydrogen (secondary N) is 1. The number of sulfonamides is 1. The molecule has 0 aliphatic heterocycles. The van der Waals surface area contributed by atoms with Crippen LogP contribution in [0.15, 0.2) is 42.5 Å². The fraction of sp³-hybridized carbons (Fsp3) is 0.364. The van der Waals surface area contributed by atoms with Crippen LogP contribution in [0.5, 0.6) is 0 Å². The number of rotatable bonds is 10. The third kappa shape index (κ3) is 7.78. The maximum absolute atomic E-state index is 13.4. The second kappa shape index (κ2) is 11.9. The Morgan fingerprint density at radius 2 is 1.76 bits per heavy atom. The highest BCUT2D eigenvalue weighted by molar-refractivity contribution is 7.92. The van der Waals surface area contributed by atoms with E-state index >= 15 is 0 Å². The maximum Gasteiger partial charge on any atom is 0.244 e. The van der Waals surface area contributed by atoms with Crippen LogP contribution in [0.1, 0.15) is 25.8 Å². The molecule has 2 rings (SSSR count). The fourth-order valence-electron chi connectivity index (χ4n) is 3.06. The maximum atomic E-state index is 13.4. The van der Waals surface area contributed by atoms with Gasteiger partial charge in [-0.25, -0.2) is 8.42 Å². The molecule has 0 fully saturated rings. The average Bonchev–Trinajstić information content (AvgIpc) is 2.75. The van der Waals surface area contributed by atoms with Crippen LogP contribution in [0.25, 0.3) is 0 Å². The monoisotopic (exact) mass is 533 g/mol. The third-order valence-electron chi connectivity index (χ3n) is 4.83. The van der Waals surface area contributed by atoms with E-state index in [-0.39, 0.29) is 18.1 Å². The highest BCUT2D eigenvalue weighted by atomic mass is 35.5. The van der Waals surface area contributed by atoms with Gasteiger partial charge in [-0.15, -0.1) is 0 Å². The van der Waals surface area contributed by atoms with E-state index in [1.54, 1.807) is 43.3 Å². The van der Waals surface area contributed by atoms with Gasteiger partial charge in [0, 0.05) is 18.1 Å². The van der Waals surface area contributed by atoms with Gasteiger partial charge in [0.15, 0.2) is 0 Å². The summed E-state index contributed by atoms with van der Waals surface area (Å²) in [6, 6.07) is 10.2. The molecule has 0 aromatic heterocycles. The summed E-state index contributed by atoms with van der Waals surface area (Å²) in [5, 5.41) is 3.76. The summed E-state index contributed by atoms with van der Waals surface area (Å²) in [6.45, 7) is 3.48. The molecule has 33 heavy (non-hydrogen) atoms. The van der Waals surface area contributed by atoms with Gasteiger partial charge < -0.3 is 10.2 Å². The quantitative estimate of drug-likeness (QED) is 0.491. The lowest BCUT2D eigenvalue weighted by Crippen LogP contribution is -2.51. The highest BCUT2D eigenvalue weighted by Crippen LogP contribution is 2.25. The van der Waals surface area contributed by atoms with E-state index in [1.807, 2.05) is 6.92 Å². The van der Waals surface area contributed by atoms with Crippen molar-refractivity contribution >= 4 is 62.3 Å². The van der Waals surface area contributed by atoms with Crippen molar-refractivity contribution in [2.24, 2.45) is 0 Å². The first kappa shape index (κ1) is 27.2. The number of nitrogens with zero attached hydrogens (tertiary/aromatic N) is 2. The third-order valence-corrected chi connectivity index (χ3v) is 6.94. The fourth-order valence-corrected chi connectivity index (χ4v) is 4.40. The first-order chi connectivity index (χ1) is 15.4. The van der Waals surface area contributed by atoms with Crippen molar-refractivity contribution in [2.45, 2.75) is 32.9 Å². The zero-order chi connectivity index (χ0) is 24.8. The molecule has 0 aliphatic carbocycles. The van der Waals surface area contributed by atoms with Gasteiger partial charge in [0.1, 0.15) is 12.6 Å². The number of amides is 2. The molecule has 0 spiro atoms. The van der Waals surface area contributed by atoms with Gasteiger partial charge in [0.05, 0.1) is 22.0 Å². The molecule has 1 unspecified atom stereocenters. The molecule has 0 aliphatic rings. The molecular weight excluding hydrogens is 509 g/mol. The summed E-state index contributed by atoms with van der Waals surface area (Å²) in [4.78, 5) is 27.4. The number of carbonyl (C=O) groups is 2. The van der Waals surface area contributed by atoms with Gasteiger partial charge in [-0.05, 0) is 49.2 Å². The molecule has 0 radical (unpaired) electrons. The Kier molecular flexibility index (Phi) is 9.84. The van der Waals surface area contributed by atoms with E-state index in [0.29, 0.717) is 27.2 Å². The standard InChI is InChI=1S/C22H26Cl3N3O4S/c1-4-10-26-22(30)15(2)27(13-16-8-9-19(24)20(25)11-16)21(29)14-28(33(3,31)32)18-7-5-6-17(23)12-18/h5-9,11-12,15H,4,10,13-14H2,1-3H3,(H,26,30). The highest BCUT2D eigenvalue weighted by Gasteiger charge is 2.30. The topological polar surface area (TPSA) is 86.8 Å². The minimum Gasteiger partial charge on any atom is -0.354 e. The van der Waals surface area contributed by atoms with Crippen molar-refractivity contribution in [2.75, 3.05) is 23.7 Å². The van der Waals surface area contributed by atoms with Gasteiger partial charge in [0.2, 0.25) is 21.8 Å². The second-order valence-electron chi connectivity index (χ2n) is 7.49. The van der Waals surface area contributed by atoms with Crippen molar-refractivity contribution in [3.63, 3.8) is 0 Å². The van der Waals surface area contributed by atoms with E-state index in [9.17, 15) is 18.0 Å². The molecule has 2 amide bonds. The van der Waals surface area contributed by atoms with E-state index in [0.717, 1.165) is 17.0 Å². The van der Waals surface area contributed by atoms with Crippen LogP contribution in [0.4, 0.5) is 5.69 Å². The molecule has 2 aromatic carbocycles. The summed E-state index contributed by atoms with van der Waals surface area (Å²) in [7, 11) is -3.82. The number of hydrogen-bond acceptors (Lipinski definition) is 4. The summed E-state index contributed by atoms with van der Waals surface area (Å²) in [5.41, 5.74) is 0.887. The Morgan fingerprint density at radius 3 is 2.33 bits per heavy atom. The molecule has 1 N–H and O–H groups in total. The summed E-state index contributed by atoms with van der Waals surface area (Å²) in [6.07, 6.45) is 1.73. The number of benzene rings is 2. The molecule has 11 heteroatoms. The van der Waals surface area contributed by atoms with Gasteiger partial charge in [-0.1, -0.05) is 53.9 Å². The second-order valence-corrected chi connectivity index (χ2v) is 10.6. The van der Waals surface area contributed by atoms with Crippen molar-refractivity contribution in [3.05, 3.63) is 63.1 Å². The molecular formula is C22H26Cl3N3O4S. The molecule has 0 heterocycles. The zero-order valence-electron chi connectivity index (χ0n) is 18.5. The Morgan fingerprint density at radius 1 is 1.06 bits per heavy atom. The van der Waals surface area contributed by atoms with Crippen LogP contribution in [0, 0.1) is 0 Å². The number of anilines is 1. The van der Waals surface area contributed by atoms with Crippen LogP contribution >= 0.6 is 34.8 Å². The summed E-state index contributed by atoms with van der Waals surface area (Å²) in [5.74, 6) is -0.912. The lowest BCUT2D eigenvalue weighted by Gasteiger charge is -2.31. The van der Waals surface area contributed by atoms with E-state index in [1.165, 1.54) is 11.0 Å². The van der Waals surface area contributed by atoms with Crippen LogP contribution in [-0.2, 0) is 26.2 Å². The van der Waals surface area contributed by atoms with E-state index in [2.05, 4.69) is 5.32 Å². The minimum absolute atomic E-state index is 0.0313. The van der Waals surface area contributed by atoms with Crippen LogP contribution in [0.3, 0.4) is 0 Å². The minimum atomic E-state index is -3.82. The van der Waals surface area contributed by atoms with Crippen molar-refractivity contribution < 1.29 is 18.0 Å². The molecule has 0 saturated heterocycles. The predicted octanol–water partition coefficient (Wildman–Crippen LogP) is 4.36. The number of halogens is 3. The predicted molar refractivity (Wildman–Crippen MR) is 133 cm³/mol. The molecule has 1 atom stereocenters. The molecule has 2 aromatic rings. The van der Waals surface area contributed by atoms with Gasteiger partial charge in [-0.2, -0.15) is 0 Å². The van der Waals surface area contributed by atoms with E-state index < -0.39 is 28.5 Å². The number of carbonyl (C=O) groups excluding carboxylic acids is 2. The van der Waals surface area contributed by atoms with Gasteiger partial charge in [0.25, 0.3) is 0 Å². The Labute approximate surface area is 209 Å². The molecule has 180 valence electrons. The van der Waals surface area contributed by atoms with Crippen LogP contribution in [-0.4, -0.2) is 50.5 Å². The van der Waals surface area contributed by atoms with Crippen molar-refractivity contribution in [1.29, 1.82) is 0 Å². The van der Waals surface area contributed by atoms with Gasteiger partial charge >= 0.3 is 0 Å².